The summed E-state index contributed by atoms with van der Waals surface area (Å²) in [5.74, 6) is 0.917. The zero-order valence-electron chi connectivity index (χ0n) is 20.4. The van der Waals surface area contributed by atoms with E-state index in [0.29, 0.717) is 17.5 Å². The zero-order valence-corrected chi connectivity index (χ0v) is 22.1. The molecule has 1 spiro atoms. The molecule has 0 unspecified atom stereocenters. The highest BCUT2D eigenvalue weighted by Gasteiger charge is 2.41. The molecule has 5 rings (SSSR count). The van der Waals surface area contributed by atoms with Crippen LogP contribution >= 0.6 is 23.1 Å². The van der Waals surface area contributed by atoms with E-state index in [1.165, 1.54) is 6.92 Å². The molecule has 2 aliphatic heterocycles. The number of thioether (sulfide) groups is 1. The predicted molar refractivity (Wildman–Crippen MR) is 143 cm³/mol. The summed E-state index contributed by atoms with van der Waals surface area (Å²) >= 11 is 3.31. The first kappa shape index (κ1) is 25.7. The minimum Gasteiger partial charge on any atom is -0.497 e. The molecule has 0 radical (unpaired) electrons. The Kier molecular flexibility index (Phi) is 7.67. The molecule has 0 saturated carbocycles. The average molecular weight is 522 g/mol. The lowest BCUT2D eigenvalue weighted by molar-refractivity contribution is -0.119. The zero-order chi connectivity index (χ0) is 25.9. The van der Waals surface area contributed by atoms with Gasteiger partial charge in [-0.1, -0.05) is 0 Å². The van der Waals surface area contributed by atoms with Gasteiger partial charge in [0.15, 0.2) is 5.78 Å². The predicted octanol–water partition coefficient (Wildman–Crippen LogP) is 5.40. The first-order chi connectivity index (χ1) is 17.3. The molecule has 186 valence electrons. The fourth-order valence-corrected chi connectivity index (χ4v) is 7.15. The van der Waals surface area contributed by atoms with Crippen molar-refractivity contribution >= 4 is 56.3 Å². The number of carbonyl (C=O) groups is 3. The molecule has 1 N–H and O–H groups in total. The fourth-order valence-electron chi connectivity index (χ4n) is 4.49. The molecule has 0 bridgehead atoms. The summed E-state index contributed by atoms with van der Waals surface area (Å²) in [6.45, 7) is 4.96. The molecule has 2 amide bonds. The number of piperidine rings is 1. The number of nitrogens with one attached hydrogen (secondary N) is 1. The van der Waals surface area contributed by atoms with E-state index >= 15 is 0 Å². The van der Waals surface area contributed by atoms with E-state index in [2.05, 4.69) is 11.4 Å². The second-order valence-corrected chi connectivity index (χ2v) is 11.5. The van der Waals surface area contributed by atoms with Crippen LogP contribution in [0, 0.1) is 18.3 Å². The van der Waals surface area contributed by atoms with Gasteiger partial charge in [-0.05, 0) is 67.1 Å². The molecule has 7 nitrogen and oxygen atoms in total. The first-order valence-corrected chi connectivity index (χ1v) is 13.2. The van der Waals surface area contributed by atoms with Crippen LogP contribution in [0.15, 0.2) is 41.3 Å². The maximum atomic E-state index is 12.4. The van der Waals surface area contributed by atoms with Crippen LogP contribution in [0.3, 0.4) is 0 Å². The number of rotatable bonds is 3. The molecule has 1 fully saturated rings. The Bertz CT molecular complexity index is 1370. The van der Waals surface area contributed by atoms with E-state index in [1.54, 1.807) is 47.2 Å². The highest BCUT2D eigenvalue weighted by Crippen LogP contribution is 2.49. The Morgan fingerprint density at radius 3 is 2.61 bits per heavy atom. The van der Waals surface area contributed by atoms with E-state index < -0.39 is 0 Å². The second-order valence-electron chi connectivity index (χ2n) is 8.95. The molecule has 2 aromatic carbocycles. The van der Waals surface area contributed by atoms with Crippen LogP contribution < -0.4 is 10.1 Å². The summed E-state index contributed by atoms with van der Waals surface area (Å²) in [4.78, 5) is 36.9. The molecule has 0 aliphatic carbocycles. The van der Waals surface area contributed by atoms with E-state index in [0.717, 1.165) is 63.6 Å². The van der Waals surface area contributed by atoms with Gasteiger partial charge in [-0.2, -0.15) is 5.26 Å². The fraction of sp³-hybridized carbons (Fsp3) is 0.333. The van der Waals surface area contributed by atoms with Gasteiger partial charge < -0.3 is 15.0 Å². The van der Waals surface area contributed by atoms with Crippen LogP contribution in [0.5, 0.6) is 5.75 Å². The Balaban J connectivity index is 0.000000174. The smallest absolute Gasteiger partial charge is 0.221 e. The van der Waals surface area contributed by atoms with Crippen LogP contribution in [-0.4, -0.2) is 47.9 Å². The lowest BCUT2D eigenvalue weighted by atomic mass is 9.88. The topological polar surface area (TPSA) is 99.5 Å². The average Bonchev–Trinajstić information content (AvgIpc) is 3.18. The van der Waals surface area contributed by atoms with Gasteiger partial charge in [-0.3, -0.25) is 14.4 Å². The molecule has 1 aromatic heterocycles. The van der Waals surface area contributed by atoms with Crippen molar-refractivity contribution in [2.45, 2.75) is 42.8 Å². The Labute approximate surface area is 218 Å². The number of ketones is 1. The third-order valence-corrected chi connectivity index (χ3v) is 9.24. The van der Waals surface area contributed by atoms with Gasteiger partial charge >= 0.3 is 0 Å². The van der Waals surface area contributed by atoms with Crippen molar-refractivity contribution in [1.82, 2.24) is 4.90 Å². The molecular weight excluding hydrogens is 494 g/mol. The number of fused-ring (bicyclic) bond motifs is 2. The molecule has 3 heterocycles. The van der Waals surface area contributed by atoms with Crippen molar-refractivity contribution in [1.29, 1.82) is 5.26 Å². The van der Waals surface area contributed by atoms with Crippen LogP contribution in [-0.2, 0) is 9.59 Å². The monoisotopic (exact) mass is 521 g/mol. The lowest BCUT2D eigenvalue weighted by Gasteiger charge is -2.42. The summed E-state index contributed by atoms with van der Waals surface area (Å²) in [6, 6.07) is 13.3. The molecule has 2 aliphatic rings. The SMILES string of the molecule is COc1ccc2c(C)c(NC(C)=O)sc2c1.N#Cc1ccc2c(c1)C(=O)CC1(CCN(C=O)CC1)S2. The summed E-state index contributed by atoms with van der Waals surface area (Å²) in [7, 11) is 1.65. The van der Waals surface area contributed by atoms with Crippen molar-refractivity contribution in [2.75, 3.05) is 25.5 Å². The first-order valence-electron chi connectivity index (χ1n) is 11.6. The van der Waals surface area contributed by atoms with E-state index in [1.807, 2.05) is 31.2 Å². The van der Waals surface area contributed by atoms with Crippen molar-refractivity contribution < 1.29 is 19.1 Å². The highest BCUT2D eigenvalue weighted by molar-refractivity contribution is 8.01. The number of benzene rings is 2. The number of Topliss-reactive ketones (excluding diaryl/α,β-unsaturated/α-hetero) is 1. The number of methoxy groups -OCH3 is 1. The minimum atomic E-state index is -0.0717. The normalized spacial score (nSPS) is 15.9. The summed E-state index contributed by atoms with van der Waals surface area (Å²) in [5.41, 5.74) is 2.32. The standard InChI is InChI=1S/C15H14N2O2S.C12H13NO2S/c16-9-11-1-2-14-12(7-11)13(19)8-15(20-14)3-5-17(10-18)6-4-15;1-7-10-5-4-9(15-3)6-11(10)16-12(7)13-8(2)14/h1-2,7,10H,3-6,8H2;4-6H,1-3H3,(H,13,14). The molecule has 1 saturated heterocycles. The number of anilines is 1. The Morgan fingerprint density at radius 2 is 1.97 bits per heavy atom. The third-order valence-electron chi connectivity index (χ3n) is 6.51. The quantitative estimate of drug-likeness (QED) is 0.463. The van der Waals surface area contributed by atoms with Crippen molar-refractivity contribution in [2.24, 2.45) is 0 Å². The van der Waals surface area contributed by atoms with Crippen LogP contribution in [0.4, 0.5) is 5.00 Å². The number of amides is 2. The van der Waals surface area contributed by atoms with Gasteiger partial charge in [-0.25, -0.2) is 0 Å². The third kappa shape index (κ3) is 5.40. The van der Waals surface area contributed by atoms with Crippen molar-refractivity contribution in [3.63, 3.8) is 0 Å². The van der Waals surface area contributed by atoms with Crippen LogP contribution in [0.2, 0.25) is 0 Å². The van der Waals surface area contributed by atoms with E-state index in [-0.39, 0.29) is 16.4 Å². The molecule has 36 heavy (non-hydrogen) atoms. The summed E-state index contributed by atoms with van der Waals surface area (Å²) in [5, 5.41) is 13.8. The molecule has 9 heteroatoms. The molecule has 3 aromatic rings. The maximum Gasteiger partial charge on any atom is 0.221 e. The molecule has 0 atom stereocenters. The van der Waals surface area contributed by atoms with Gasteiger partial charge in [-0.15, -0.1) is 23.1 Å². The second kappa shape index (κ2) is 10.7. The summed E-state index contributed by atoms with van der Waals surface area (Å²) in [6.07, 6.45) is 3.09. The number of hydrogen-bond acceptors (Lipinski definition) is 7. The van der Waals surface area contributed by atoms with E-state index in [9.17, 15) is 14.4 Å². The van der Waals surface area contributed by atoms with Gasteiger partial charge in [0.1, 0.15) is 5.75 Å². The number of nitriles is 1. The van der Waals surface area contributed by atoms with Crippen molar-refractivity contribution in [3.05, 3.63) is 53.1 Å². The number of hydrogen-bond donors (Lipinski definition) is 1. The number of ether oxygens (including phenoxy) is 1. The van der Waals surface area contributed by atoms with Crippen molar-refractivity contribution in [3.8, 4) is 11.8 Å². The van der Waals surface area contributed by atoms with E-state index in [4.69, 9.17) is 10.00 Å². The lowest BCUT2D eigenvalue weighted by Crippen LogP contribution is -2.44. The Hall–Kier alpha value is -3.35. The number of nitrogens with zero attached hydrogens (tertiary/aromatic N) is 2. The highest BCUT2D eigenvalue weighted by atomic mass is 32.2. The number of aryl methyl sites for hydroxylation is 1. The Morgan fingerprint density at radius 1 is 1.22 bits per heavy atom. The largest absolute Gasteiger partial charge is 0.497 e. The van der Waals surface area contributed by atoms with Gasteiger partial charge in [0, 0.05) is 46.3 Å². The van der Waals surface area contributed by atoms with Crippen LogP contribution in [0.25, 0.3) is 10.1 Å². The van der Waals surface area contributed by atoms with Gasteiger partial charge in [0.2, 0.25) is 12.3 Å². The van der Waals surface area contributed by atoms with Gasteiger partial charge in [0.25, 0.3) is 0 Å². The molecular formula is C27H27N3O4S2. The maximum absolute atomic E-state index is 12.4. The van der Waals surface area contributed by atoms with Gasteiger partial charge in [0.05, 0.1) is 23.7 Å². The number of carbonyl (C=O) groups excluding carboxylic acids is 3. The van der Waals surface area contributed by atoms with Crippen LogP contribution in [0.1, 0.15) is 47.7 Å². The number of likely N-dealkylation sites (tertiary alicyclic amines) is 1. The summed E-state index contributed by atoms with van der Waals surface area (Å²) < 4.78 is 6.23. The minimum absolute atomic E-state index is 0.0402. The number of thiophene rings is 1.